The number of hydrogen-bond acceptors (Lipinski definition) is 5. The summed E-state index contributed by atoms with van der Waals surface area (Å²) in [5.74, 6) is -0.820. The van der Waals surface area contributed by atoms with E-state index >= 15 is 0 Å². The molecule has 1 aliphatic heterocycles. The first-order valence-electron chi connectivity index (χ1n) is 10.5. The van der Waals surface area contributed by atoms with Crippen molar-refractivity contribution in [1.29, 1.82) is 0 Å². The molecular weight excluding hydrogens is 422 g/mol. The van der Waals surface area contributed by atoms with Gasteiger partial charge in [0.1, 0.15) is 13.2 Å². The number of amides is 2. The maximum absolute atomic E-state index is 13.9. The van der Waals surface area contributed by atoms with Gasteiger partial charge in [-0.25, -0.2) is 0 Å². The van der Waals surface area contributed by atoms with Gasteiger partial charge in [-0.2, -0.15) is 0 Å². The average molecular weight is 448 g/mol. The van der Waals surface area contributed by atoms with Crippen LogP contribution in [-0.4, -0.2) is 42.1 Å². The highest BCUT2D eigenvalue weighted by Gasteiger charge is 2.41. The van der Waals surface area contributed by atoms with Crippen LogP contribution in [0.3, 0.4) is 0 Å². The minimum absolute atomic E-state index is 0.125. The van der Waals surface area contributed by atoms with E-state index in [4.69, 9.17) is 4.84 Å². The number of likely N-dealkylation sites (tertiary alicyclic amines) is 1. The lowest BCUT2D eigenvalue weighted by molar-refractivity contribution is -0.138. The van der Waals surface area contributed by atoms with E-state index in [2.05, 4.69) is 10.5 Å². The van der Waals surface area contributed by atoms with Crippen molar-refractivity contribution in [2.45, 2.75) is 24.9 Å². The second-order valence-electron chi connectivity index (χ2n) is 7.58. The van der Waals surface area contributed by atoms with Crippen LogP contribution in [-0.2, 0) is 21.0 Å². The van der Waals surface area contributed by atoms with Crippen LogP contribution in [0, 0.1) is 0 Å². The first-order chi connectivity index (χ1) is 15.7. The van der Waals surface area contributed by atoms with Crippen molar-refractivity contribution in [3.8, 4) is 0 Å². The van der Waals surface area contributed by atoms with Gasteiger partial charge >= 0.3 is 0 Å². The van der Waals surface area contributed by atoms with Crippen molar-refractivity contribution >= 4 is 28.9 Å². The lowest BCUT2D eigenvalue weighted by atomic mass is 9.90. The Morgan fingerprint density at radius 3 is 2.28 bits per heavy atom. The molecule has 3 aromatic rings. The second kappa shape index (κ2) is 10.2. The minimum atomic E-state index is -0.633. The minimum Gasteiger partial charge on any atom is -0.399 e. The molecule has 6 nitrogen and oxygen atoms in total. The molecule has 0 bridgehead atoms. The summed E-state index contributed by atoms with van der Waals surface area (Å²) in [6.45, 7) is 0.701. The van der Waals surface area contributed by atoms with Crippen molar-refractivity contribution in [1.82, 2.24) is 10.2 Å². The number of rotatable bonds is 7. The molecule has 164 valence electrons. The van der Waals surface area contributed by atoms with Crippen LogP contribution >= 0.6 is 11.3 Å². The normalized spacial score (nSPS) is 17.0. The Bertz CT molecular complexity index is 1030. The van der Waals surface area contributed by atoms with Gasteiger partial charge in [-0.1, -0.05) is 71.9 Å². The molecule has 1 saturated heterocycles. The highest BCUT2D eigenvalue weighted by Crippen LogP contribution is 2.30. The Labute approximate surface area is 191 Å². The SMILES string of the molecule is CO/N=C1\C[C@@H](C(=O)NCc2cccs2)N(C(=O)C(c2ccccc2)c2ccccc2)C1. The molecule has 1 aromatic heterocycles. The van der Waals surface area contributed by atoms with E-state index < -0.39 is 12.0 Å². The first kappa shape index (κ1) is 21.8. The summed E-state index contributed by atoms with van der Waals surface area (Å²) < 4.78 is 0. The summed E-state index contributed by atoms with van der Waals surface area (Å²) in [5.41, 5.74) is 2.45. The molecule has 0 unspecified atom stereocenters. The van der Waals surface area contributed by atoms with E-state index in [-0.39, 0.29) is 18.4 Å². The zero-order valence-electron chi connectivity index (χ0n) is 17.8. The number of carbonyl (C=O) groups excluding carboxylic acids is 2. The fourth-order valence-corrected chi connectivity index (χ4v) is 4.65. The average Bonchev–Trinajstić information content (AvgIpc) is 3.50. The number of thiophene rings is 1. The van der Waals surface area contributed by atoms with E-state index in [1.165, 1.54) is 7.11 Å². The lowest BCUT2D eigenvalue weighted by Gasteiger charge is -2.28. The monoisotopic (exact) mass is 447 g/mol. The third kappa shape index (κ3) is 4.89. The van der Waals surface area contributed by atoms with Crippen LogP contribution in [0.25, 0.3) is 0 Å². The van der Waals surface area contributed by atoms with Crippen LogP contribution in [0.1, 0.15) is 28.3 Å². The van der Waals surface area contributed by atoms with Crippen LogP contribution in [0.15, 0.2) is 83.3 Å². The summed E-state index contributed by atoms with van der Waals surface area (Å²) in [6.07, 6.45) is 0.353. The highest BCUT2D eigenvalue weighted by molar-refractivity contribution is 7.09. The van der Waals surface area contributed by atoms with Crippen molar-refractivity contribution in [2.75, 3.05) is 13.7 Å². The fourth-order valence-electron chi connectivity index (χ4n) is 4.01. The Morgan fingerprint density at radius 2 is 1.72 bits per heavy atom. The van der Waals surface area contributed by atoms with E-state index in [1.807, 2.05) is 78.2 Å². The molecule has 7 heteroatoms. The summed E-state index contributed by atoms with van der Waals surface area (Å²) in [4.78, 5) is 34.6. The van der Waals surface area contributed by atoms with Gasteiger partial charge in [-0.15, -0.1) is 11.3 Å². The number of hydrogen-bond donors (Lipinski definition) is 1. The molecule has 0 aliphatic carbocycles. The molecule has 0 spiro atoms. The van der Waals surface area contributed by atoms with Crippen molar-refractivity contribution in [3.63, 3.8) is 0 Å². The molecule has 2 aromatic carbocycles. The molecule has 0 radical (unpaired) electrons. The van der Waals surface area contributed by atoms with Gasteiger partial charge in [-0.3, -0.25) is 9.59 Å². The molecule has 1 aliphatic rings. The quantitative estimate of drug-likeness (QED) is 0.560. The van der Waals surface area contributed by atoms with Crippen molar-refractivity contribution in [3.05, 3.63) is 94.2 Å². The topological polar surface area (TPSA) is 71.0 Å². The van der Waals surface area contributed by atoms with E-state index in [0.717, 1.165) is 16.0 Å². The zero-order chi connectivity index (χ0) is 22.3. The molecule has 2 heterocycles. The standard InChI is InChI=1S/C25H25N3O3S/c1-31-27-20-15-22(24(29)26-16-21-13-8-14-32-21)28(17-20)25(30)23(18-9-4-2-5-10-18)19-11-6-3-7-12-19/h2-14,22-23H,15-17H2,1H3,(H,26,29)/b27-20+/t22-/m0/s1. The third-order valence-electron chi connectivity index (χ3n) is 5.49. The smallest absolute Gasteiger partial charge is 0.243 e. The summed E-state index contributed by atoms with van der Waals surface area (Å²) in [5, 5.41) is 9.00. The van der Waals surface area contributed by atoms with Crippen LogP contribution < -0.4 is 5.32 Å². The van der Waals surface area contributed by atoms with Gasteiger partial charge in [0.15, 0.2) is 0 Å². The van der Waals surface area contributed by atoms with E-state index in [0.29, 0.717) is 18.7 Å². The van der Waals surface area contributed by atoms with E-state index in [1.54, 1.807) is 16.2 Å². The molecule has 32 heavy (non-hydrogen) atoms. The predicted octanol–water partition coefficient (Wildman–Crippen LogP) is 3.80. The number of nitrogens with zero attached hydrogens (tertiary/aromatic N) is 2. The van der Waals surface area contributed by atoms with Gasteiger partial charge in [0.2, 0.25) is 11.8 Å². The molecule has 4 rings (SSSR count). The fraction of sp³-hybridized carbons (Fsp3) is 0.240. The summed E-state index contributed by atoms with van der Waals surface area (Å²) in [6, 6.07) is 22.6. The number of nitrogens with one attached hydrogen (secondary N) is 1. The van der Waals surface area contributed by atoms with Gasteiger partial charge in [0.25, 0.3) is 0 Å². The first-order valence-corrected chi connectivity index (χ1v) is 11.3. The lowest BCUT2D eigenvalue weighted by Crippen LogP contribution is -2.47. The third-order valence-corrected chi connectivity index (χ3v) is 6.37. The summed E-state index contributed by atoms with van der Waals surface area (Å²) in [7, 11) is 1.47. The highest BCUT2D eigenvalue weighted by atomic mass is 32.1. The van der Waals surface area contributed by atoms with Gasteiger partial charge in [-0.05, 0) is 22.6 Å². The maximum Gasteiger partial charge on any atom is 0.243 e. The molecule has 0 saturated carbocycles. The zero-order valence-corrected chi connectivity index (χ0v) is 18.6. The largest absolute Gasteiger partial charge is 0.399 e. The summed E-state index contributed by atoms with van der Waals surface area (Å²) >= 11 is 1.58. The van der Waals surface area contributed by atoms with Crippen LogP contribution in [0.4, 0.5) is 0 Å². The van der Waals surface area contributed by atoms with Gasteiger partial charge < -0.3 is 15.1 Å². The number of carbonyl (C=O) groups is 2. The van der Waals surface area contributed by atoms with E-state index in [9.17, 15) is 9.59 Å². The van der Waals surface area contributed by atoms with Crippen molar-refractivity contribution in [2.24, 2.45) is 5.16 Å². The number of benzene rings is 2. The Morgan fingerprint density at radius 1 is 1.06 bits per heavy atom. The molecular formula is C25H25N3O3S. The Hall–Kier alpha value is -3.45. The predicted molar refractivity (Wildman–Crippen MR) is 125 cm³/mol. The van der Waals surface area contributed by atoms with Crippen LogP contribution in [0.5, 0.6) is 0 Å². The maximum atomic E-state index is 13.9. The molecule has 1 atom stereocenters. The molecule has 2 amide bonds. The van der Waals surface area contributed by atoms with Gasteiger partial charge in [0, 0.05) is 11.3 Å². The Balaban J connectivity index is 1.62. The van der Waals surface area contributed by atoms with Crippen LogP contribution in [0.2, 0.25) is 0 Å². The number of oxime groups is 1. The second-order valence-corrected chi connectivity index (χ2v) is 8.61. The van der Waals surface area contributed by atoms with Gasteiger partial charge in [0.05, 0.1) is 24.7 Å². The Kier molecular flexibility index (Phi) is 6.97. The molecule has 1 N–H and O–H groups in total. The van der Waals surface area contributed by atoms with Crippen molar-refractivity contribution < 1.29 is 14.4 Å². The molecule has 1 fully saturated rings.